The maximum atomic E-state index is 12.7. The van der Waals surface area contributed by atoms with Gasteiger partial charge < -0.3 is 14.6 Å². The molecule has 0 bridgehead atoms. The van der Waals surface area contributed by atoms with E-state index in [1.54, 1.807) is 29.4 Å². The molecule has 24 heavy (non-hydrogen) atoms. The van der Waals surface area contributed by atoms with Gasteiger partial charge in [0.2, 0.25) is 5.91 Å². The Morgan fingerprint density at radius 2 is 2.08 bits per heavy atom. The van der Waals surface area contributed by atoms with Crippen LogP contribution in [0.1, 0.15) is 48.3 Å². The smallest absolute Gasteiger partial charge is 0.290 e. The number of hydrogen-bond acceptors (Lipinski definition) is 4. The highest BCUT2D eigenvalue weighted by molar-refractivity contribution is 5.95. The fraction of sp³-hybridized carbons (Fsp3) is 0.389. The van der Waals surface area contributed by atoms with Gasteiger partial charge in [0.25, 0.3) is 5.91 Å². The van der Waals surface area contributed by atoms with Crippen molar-refractivity contribution in [2.45, 2.75) is 38.3 Å². The van der Waals surface area contributed by atoms with E-state index in [4.69, 9.17) is 4.42 Å². The average Bonchev–Trinajstić information content (AvgIpc) is 3.16. The Balaban J connectivity index is 1.70. The van der Waals surface area contributed by atoms with Crippen LogP contribution in [-0.2, 0) is 4.79 Å². The molecule has 0 spiro atoms. The van der Waals surface area contributed by atoms with Crippen molar-refractivity contribution in [3.63, 3.8) is 0 Å². The number of furan rings is 1. The normalized spacial score (nSPS) is 18.9. The van der Waals surface area contributed by atoms with Crippen LogP contribution in [0.15, 0.2) is 47.3 Å². The maximum absolute atomic E-state index is 12.7. The molecular weight excluding hydrogens is 306 g/mol. The number of carbonyl (C=O) groups excluding carboxylic acids is 2. The third-order valence-electron chi connectivity index (χ3n) is 4.36. The number of rotatable bonds is 4. The minimum absolute atomic E-state index is 0.126. The van der Waals surface area contributed by atoms with E-state index in [9.17, 15) is 9.59 Å². The Labute approximate surface area is 140 Å². The Morgan fingerprint density at radius 1 is 1.29 bits per heavy atom. The van der Waals surface area contributed by atoms with Crippen LogP contribution in [-0.4, -0.2) is 34.3 Å². The molecule has 2 amide bonds. The lowest BCUT2D eigenvalue weighted by Gasteiger charge is -2.34. The topological polar surface area (TPSA) is 75.4 Å². The fourth-order valence-electron chi connectivity index (χ4n) is 3.03. The number of carbonyl (C=O) groups is 2. The predicted octanol–water partition coefficient (Wildman–Crippen LogP) is 2.55. The van der Waals surface area contributed by atoms with E-state index in [2.05, 4.69) is 10.3 Å². The first-order chi connectivity index (χ1) is 11.7. The molecule has 1 N–H and O–H groups in total. The van der Waals surface area contributed by atoms with Gasteiger partial charge in [-0.25, -0.2) is 0 Å². The summed E-state index contributed by atoms with van der Waals surface area (Å²) < 4.78 is 5.20. The van der Waals surface area contributed by atoms with Gasteiger partial charge in [-0.2, -0.15) is 0 Å². The summed E-state index contributed by atoms with van der Waals surface area (Å²) >= 11 is 0. The lowest BCUT2D eigenvalue weighted by Crippen LogP contribution is -2.52. The van der Waals surface area contributed by atoms with Crippen molar-refractivity contribution >= 4 is 11.8 Å². The van der Waals surface area contributed by atoms with E-state index >= 15 is 0 Å². The first-order valence-corrected chi connectivity index (χ1v) is 8.21. The van der Waals surface area contributed by atoms with E-state index in [0.717, 1.165) is 18.4 Å². The third kappa shape index (κ3) is 3.48. The summed E-state index contributed by atoms with van der Waals surface area (Å²) in [5.41, 5.74) is 0.984. The molecule has 3 rings (SSSR count). The maximum Gasteiger partial charge on any atom is 0.290 e. The van der Waals surface area contributed by atoms with Crippen LogP contribution >= 0.6 is 0 Å². The molecule has 0 aromatic carbocycles. The van der Waals surface area contributed by atoms with Gasteiger partial charge in [-0.3, -0.25) is 14.6 Å². The van der Waals surface area contributed by atoms with Crippen LogP contribution in [0.2, 0.25) is 0 Å². The van der Waals surface area contributed by atoms with Crippen molar-refractivity contribution in [2.24, 2.45) is 0 Å². The SMILES string of the molecule is C[C@@H](NC(=O)[C@H]1CCCCN1C(=O)c1ccco1)c1ccncc1. The minimum Gasteiger partial charge on any atom is -0.459 e. The van der Waals surface area contributed by atoms with E-state index in [0.29, 0.717) is 13.0 Å². The first kappa shape index (κ1) is 16.2. The molecule has 126 valence electrons. The summed E-state index contributed by atoms with van der Waals surface area (Å²) in [7, 11) is 0. The van der Waals surface area contributed by atoms with Crippen LogP contribution in [0.3, 0.4) is 0 Å². The molecule has 0 radical (unpaired) electrons. The Kier molecular flexibility index (Phi) is 4.93. The van der Waals surface area contributed by atoms with E-state index in [-0.39, 0.29) is 23.6 Å². The summed E-state index contributed by atoms with van der Waals surface area (Å²) in [6.45, 7) is 2.50. The summed E-state index contributed by atoms with van der Waals surface area (Å²) in [5.74, 6) is -0.0767. The van der Waals surface area contributed by atoms with Crippen LogP contribution in [0.5, 0.6) is 0 Å². The Morgan fingerprint density at radius 3 is 2.79 bits per heavy atom. The lowest BCUT2D eigenvalue weighted by atomic mass is 10.00. The Bertz CT molecular complexity index is 685. The zero-order valence-electron chi connectivity index (χ0n) is 13.6. The quantitative estimate of drug-likeness (QED) is 0.936. The standard InChI is InChI=1S/C18H21N3O3/c1-13(14-7-9-19-10-8-14)20-17(22)15-5-2-3-11-21(15)18(23)16-6-4-12-24-16/h4,6-10,12-13,15H,2-3,5,11H2,1H3,(H,20,22)/t13-,15-/m1/s1. The summed E-state index contributed by atoms with van der Waals surface area (Å²) in [4.78, 5) is 30.9. The number of nitrogens with zero attached hydrogens (tertiary/aromatic N) is 2. The van der Waals surface area contributed by atoms with Gasteiger partial charge in [-0.1, -0.05) is 0 Å². The van der Waals surface area contributed by atoms with Gasteiger partial charge in [0.1, 0.15) is 6.04 Å². The lowest BCUT2D eigenvalue weighted by molar-refractivity contribution is -0.127. The van der Waals surface area contributed by atoms with Crippen molar-refractivity contribution in [1.29, 1.82) is 0 Å². The average molecular weight is 327 g/mol. The number of pyridine rings is 1. The first-order valence-electron chi connectivity index (χ1n) is 8.21. The fourth-order valence-corrected chi connectivity index (χ4v) is 3.03. The van der Waals surface area contributed by atoms with Crippen LogP contribution < -0.4 is 5.32 Å². The molecule has 3 heterocycles. The van der Waals surface area contributed by atoms with Gasteiger partial charge in [0.15, 0.2) is 5.76 Å². The van der Waals surface area contributed by atoms with E-state index < -0.39 is 6.04 Å². The molecular formula is C18H21N3O3. The number of aromatic nitrogens is 1. The molecule has 1 fully saturated rings. The molecule has 1 saturated heterocycles. The molecule has 6 heteroatoms. The van der Waals surface area contributed by atoms with Gasteiger partial charge >= 0.3 is 0 Å². The molecule has 0 saturated carbocycles. The number of likely N-dealkylation sites (tertiary alicyclic amines) is 1. The molecule has 1 aliphatic heterocycles. The number of piperidine rings is 1. The molecule has 2 aromatic heterocycles. The molecule has 2 atom stereocenters. The van der Waals surface area contributed by atoms with Crippen LogP contribution in [0.4, 0.5) is 0 Å². The largest absolute Gasteiger partial charge is 0.459 e. The number of hydrogen-bond donors (Lipinski definition) is 1. The van der Waals surface area contributed by atoms with Crippen molar-refractivity contribution in [2.75, 3.05) is 6.54 Å². The number of amides is 2. The van der Waals surface area contributed by atoms with Crippen molar-refractivity contribution < 1.29 is 14.0 Å². The second-order valence-corrected chi connectivity index (χ2v) is 6.00. The molecule has 1 aliphatic rings. The van der Waals surface area contributed by atoms with Crippen molar-refractivity contribution in [3.05, 3.63) is 54.2 Å². The monoisotopic (exact) mass is 327 g/mol. The molecule has 2 aromatic rings. The van der Waals surface area contributed by atoms with Crippen LogP contribution in [0.25, 0.3) is 0 Å². The van der Waals surface area contributed by atoms with Gasteiger partial charge in [-0.05, 0) is 56.0 Å². The highest BCUT2D eigenvalue weighted by atomic mass is 16.3. The zero-order valence-corrected chi connectivity index (χ0v) is 13.6. The second-order valence-electron chi connectivity index (χ2n) is 6.00. The van der Waals surface area contributed by atoms with Crippen LogP contribution in [0, 0.1) is 0 Å². The van der Waals surface area contributed by atoms with E-state index in [1.807, 2.05) is 19.1 Å². The number of nitrogens with one attached hydrogen (secondary N) is 1. The van der Waals surface area contributed by atoms with Gasteiger partial charge in [-0.15, -0.1) is 0 Å². The highest BCUT2D eigenvalue weighted by Crippen LogP contribution is 2.21. The molecule has 0 aliphatic carbocycles. The minimum atomic E-state index is -0.458. The third-order valence-corrected chi connectivity index (χ3v) is 4.36. The van der Waals surface area contributed by atoms with E-state index in [1.165, 1.54) is 6.26 Å². The molecule has 0 unspecified atom stereocenters. The summed E-state index contributed by atoms with van der Waals surface area (Å²) in [6, 6.07) is 6.46. The Hall–Kier alpha value is -2.63. The van der Waals surface area contributed by atoms with Gasteiger partial charge in [0, 0.05) is 18.9 Å². The highest BCUT2D eigenvalue weighted by Gasteiger charge is 2.34. The summed E-state index contributed by atoms with van der Waals surface area (Å²) in [6.07, 6.45) is 7.37. The van der Waals surface area contributed by atoms with Crippen molar-refractivity contribution in [1.82, 2.24) is 15.2 Å². The second kappa shape index (κ2) is 7.29. The van der Waals surface area contributed by atoms with Gasteiger partial charge in [0.05, 0.1) is 12.3 Å². The molecule has 6 nitrogen and oxygen atoms in total. The zero-order chi connectivity index (χ0) is 16.9. The van der Waals surface area contributed by atoms with Crippen molar-refractivity contribution in [3.8, 4) is 0 Å². The predicted molar refractivity (Wildman–Crippen MR) is 88.2 cm³/mol. The summed E-state index contributed by atoms with van der Waals surface area (Å²) in [5, 5.41) is 3.00.